The normalized spacial score (nSPS) is 11.2. The molecule has 0 bridgehead atoms. The molecule has 0 saturated carbocycles. The van der Waals surface area contributed by atoms with Crippen molar-refractivity contribution in [3.8, 4) is 11.8 Å². The average molecular weight is 497 g/mol. The summed E-state index contributed by atoms with van der Waals surface area (Å²) in [5.41, 5.74) is 5.94. The van der Waals surface area contributed by atoms with Gasteiger partial charge in [-0.2, -0.15) is 5.26 Å². The summed E-state index contributed by atoms with van der Waals surface area (Å²) in [5, 5.41) is 9.57. The van der Waals surface area contributed by atoms with Crippen molar-refractivity contribution in [1.29, 1.82) is 5.26 Å². The number of ether oxygens (including phenoxy) is 1. The van der Waals surface area contributed by atoms with E-state index in [1.807, 2.05) is 49.4 Å². The highest BCUT2D eigenvalue weighted by atomic mass is 79.9. The van der Waals surface area contributed by atoms with Gasteiger partial charge in [0.05, 0.1) is 20.6 Å². The summed E-state index contributed by atoms with van der Waals surface area (Å²) >= 11 is 7.19. The van der Waals surface area contributed by atoms with E-state index in [2.05, 4.69) is 69.1 Å². The van der Waals surface area contributed by atoms with Crippen LogP contribution in [0.2, 0.25) is 0 Å². The van der Waals surface area contributed by atoms with Crippen LogP contribution in [0, 0.1) is 25.2 Å². The molecule has 0 unspecified atom stereocenters. The molecule has 2 nitrogen and oxygen atoms in total. The van der Waals surface area contributed by atoms with Gasteiger partial charge in [-0.1, -0.05) is 59.7 Å². The summed E-state index contributed by atoms with van der Waals surface area (Å²) in [6, 6.07) is 22.4. The summed E-state index contributed by atoms with van der Waals surface area (Å²) in [6.07, 6.45) is 1.88. The average Bonchev–Trinajstić information content (AvgIpc) is 2.67. The minimum Gasteiger partial charge on any atom is -0.487 e. The van der Waals surface area contributed by atoms with Crippen LogP contribution in [0.4, 0.5) is 0 Å². The zero-order valence-electron chi connectivity index (χ0n) is 15.7. The molecule has 0 saturated heterocycles. The second-order valence-electron chi connectivity index (χ2n) is 6.62. The van der Waals surface area contributed by atoms with E-state index in [9.17, 15) is 5.26 Å². The van der Waals surface area contributed by atoms with Gasteiger partial charge in [0.15, 0.2) is 0 Å². The Morgan fingerprint density at radius 2 is 1.46 bits per heavy atom. The topological polar surface area (TPSA) is 33.0 Å². The third-order valence-electron chi connectivity index (χ3n) is 4.32. The number of hydrogen-bond acceptors (Lipinski definition) is 2. The fraction of sp³-hybridized carbons (Fsp3) is 0.125. The van der Waals surface area contributed by atoms with Crippen LogP contribution < -0.4 is 4.74 Å². The standard InChI is InChI=1S/C24H19Br2NO/c1-16-3-7-18(8-4-16)15-28-24-22(25)12-19(13-23(24)26)11-21(14-27)20-9-5-17(2)6-10-20/h3-13H,15H2,1-2H3/b21-11-. The Hall–Kier alpha value is -2.35. The number of benzene rings is 3. The first kappa shape index (κ1) is 20.4. The predicted octanol–water partition coefficient (Wildman–Crippen LogP) is 7.47. The first-order valence-corrected chi connectivity index (χ1v) is 10.4. The zero-order chi connectivity index (χ0) is 20.1. The van der Waals surface area contributed by atoms with Crippen LogP contribution in [0.3, 0.4) is 0 Å². The van der Waals surface area contributed by atoms with Crippen molar-refractivity contribution in [2.75, 3.05) is 0 Å². The molecule has 0 aromatic heterocycles. The Bertz CT molecular complexity index is 1020. The van der Waals surface area contributed by atoms with Gasteiger partial charge in [-0.15, -0.1) is 0 Å². The van der Waals surface area contributed by atoms with Crippen molar-refractivity contribution in [3.63, 3.8) is 0 Å². The van der Waals surface area contributed by atoms with Gasteiger partial charge in [-0.25, -0.2) is 0 Å². The molecular formula is C24H19Br2NO. The van der Waals surface area contributed by atoms with Crippen molar-refractivity contribution < 1.29 is 4.74 Å². The number of hydrogen-bond donors (Lipinski definition) is 0. The predicted molar refractivity (Wildman–Crippen MR) is 122 cm³/mol. The molecule has 0 amide bonds. The lowest BCUT2D eigenvalue weighted by Gasteiger charge is -2.12. The molecule has 0 N–H and O–H groups in total. The quantitative estimate of drug-likeness (QED) is 0.271. The number of aryl methyl sites for hydroxylation is 2. The van der Waals surface area contributed by atoms with Gasteiger partial charge < -0.3 is 4.74 Å². The Morgan fingerprint density at radius 1 is 0.929 bits per heavy atom. The Morgan fingerprint density at radius 3 is 2.00 bits per heavy atom. The van der Waals surface area contributed by atoms with E-state index in [0.717, 1.165) is 31.4 Å². The number of allylic oxidation sites excluding steroid dienone is 1. The fourth-order valence-corrected chi connectivity index (χ4v) is 4.17. The molecule has 3 aromatic rings. The summed E-state index contributed by atoms with van der Waals surface area (Å²) in [4.78, 5) is 0. The maximum absolute atomic E-state index is 9.57. The Labute approximate surface area is 182 Å². The highest BCUT2D eigenvalue weighted by Crippen LogP contribution is 2.36. The molecule has 4 heteroatoms. The van der Waals surface area contributed by atoms with Crippen molar-refractivity contribution in [3.05, 3.63) is 97.4 Å². The van der Waals surface area contributed by atoms with Crippen LogP contribution >= 0.6 is 31.9 Å². The van der Waals surface area contributed by atoms with E-state index >= 15 is 0 Å². The van der Waals surface area contributed by atoms with E-state index < -0.39 is 0 Å². The van der Waals surface area contributed by atoms with Crippen molar-refractivity contribution in [1.82, 2.24) is 0 Å². The second kappa shape index (κ2) is 9.23. The smallest absolute Gasteiger partial charge is 0.148 e. The van der Waals surface area contributed by atoms with Crippen LogP contribution in [0.15, 0.2) is 69.6 Å². The molecule has 0 aliphatic carbocycles. The molecule has 140 valence electrons. The summed E-state index contributed by atoms with van der Waals surface area (Å²) < 4.78 is 7.67. The highest BCUT2D eigenvalue weighted by molar-refractivity contribution is 9.11. The summed E-state index contributed by atoms with van der Waals surface area (Å²) in [5.74, 6) is 0.742. The summed E-state index contributed by atoms with van der Waals surface area (Å²) in [7, 11) is 0. The molecule has 3 aromatic carbocycles. The van der Waals surface area contributed by atoms with E-state index in [-0.39, 0.29) is 0 Å². The Balaban J connectivity index is 1.83. The van der Waals surface area contributed by atoms with Crippen LogP contribution in [-0.4, -0.2) is 0 Å². The third-order valence-corrected chi connectivity index (χ3v) is 5.50. The van der Waals surface area contributed by atoms with Crippen LogP contribution in [0.5, 0.6) is 5.75 Å². The molecule has 0 aliphatic heterocycles. The van der Waals surface area contributed by atoms with Gasteiger partial charge in [-0.05, 0) is 80.6 Å². The number of halogens is 2. The minimum absolute atomic E-state index is 0.486. The van der Waals surface area contributed by atoms with Crippen molar-refractivity contribution >= 4 is 43.5 Å². The lowest BCUT2D eigenvalue weighted by molar-refractivity contribution is 0.302. The third kappa shape index (κ3) is 5.13. The van der Waals surface area contributed by atoms with Gasteiger partial charge in [0.2, 0.25) is 0 Å². The summed E-state index contributed by atoms with van der Waals surface area (Å²) in [6.45, 7) is 4.58. The number of nitrogens with zero attached hydrogens (tertiary/aromatic N) is 1. The second-order valence-corrected chi connectivity index (χ2v) is 8.33. The molecule has 0 heterocycles. The lowest BCUT2D eigenvalue weighted by Crippen LogP contribution is -1.97. The van der Waals surface area contributed by atoms with Gasteiger partial charge in [0, 0.05) is 0 Å². The first-order chi connectivity index (χ1) is 13.5. The molecule has 0 aliphatic rings. The SMILES string of the molecule is Cc1ccc(COc2c(Br)cc(/C=C(/C#N)c3ccc(C)cc3)cc2Br)cc1. The zero-order valence-corrected chi connectivity index (χ0v) is 18.8. The molecule has 28 heavy (non-hydrogen) atoms. The van der Waals surface area contributed by atoms with E-state index in [4.69, 9.17) is 4.74 Å². The van der Waals surface area contributed by atoms with Gasteiger partial charge >= 0.3 is 0 Å². The molecular weight excluding hydrogens is 478 g/mol. The van der Waals surface area contributed by atoms with E-state index in [1.165, 1.54) is 11.1 Å². The van der Waals surface area contributed by atoms with Crippen LogP contribution in [0.1, 0.15) is 27.8 Å². The van der Waals surface area contributed by atoms with E-state index in [0.29, 0.717) is 12.2 Å². The maximum Gasteiger partial charge on any atom is 0.148 e. The number of rotatable bonds is 5. The van der Waals surface area contributed by atoms with Crippen molar-refractivity contribution in [2.24, 2.45) is 0 Å². The largest absolute Gasteiger partial charge is 0.487 e. The lowest BCUT2D eigenvalue weighted by atomic mass is 10.0. The molecule has 0 fully saturated rings. The van der Waals surface area contributed by atoms with Crippen molar-refractivity contribution in [2.45, 2.75) is 20.5 Å². The maximum atomic E-state index is 9.57. The van der Waals surface area contributed by atoms with Gasteiger partial charge in [-0.3, -0.25) is 0 Å². The van der Waals surface area contributed by atoms with Gasteiger partial charge in [0.1, 0.15) is 12.4 Å². The first-order valence-electron chi connectivity index (χ1n) is 8.82. The molecule has 3 rings (SSSR count). The van der Waals surface area contributed by atoms with Gasteiger partial charge in [0.25, 0.3) is 0 Å². The molecule has 0 atom stereocenters. The highest BCUT2D eigenvalue weighted by Gasteiger charge is 2.10. The number of nitriles is 1. The monoisotopic (exact) mass is 495 g/mol. The fourth-order valence-electron chi connectivity index (χ4n) is 2.72. The van der Waals surface area contributed by atoms with E-state index in [1.54, 1.807) is 0 Å². The molecule has 0 radical (unpaired) electrons. The Kier molecular flexibility index (Phi) is 6.72. The van der Waals surface area contributed by atoms with Crippen LogP contribution in [0.25, 0.3) is 11.6 Å². The molecule has 0 spiro atoms. The van der Waals surface area contributed by atoms with Crippen LogP contribution in [-0.2, 0) is 6.61 Å². The minimum atomic E-state index is 0.486.